The van der Waals surface area contributed by atoms with Crippen molar-refractivity contribution in [2.45, 2.75) is 38.8 Å². The SMILES string of the molecule is Cc1noc(C)c1-c1ccc(NC2CC(O)C2)c([N+](=O)[O-])c1. The molecule has 7 nitrogen and oxygen atoms in total. The van der Waals surface area contributed by atoms with Crippen LogP contribution in [0.15, 0.2) is 22.7 Å². The zero-order valence-corrected chi connectivity index (χ0v) is 12.4. The van der Waals surface area contributed by atoms with Crippen molar-refractivity contribution in [3.8, 4) is 11.1 Å². The molecule has 2 N–H and O–H groups in total. The van der Waals surface area contributed by atoms with Gasteiger partial charge < -0.3 is 14.9 Å². The van der Waals surface area contributed by atoms with Gasteiger partial charge in [-0.2, -0.15) is 0 Å². The summed E-state index contributed by atoms with van der Waals surface area (Å²) < 4.78 is 5.12. The highest BCUT2D eigenvalue weighted by Crippen LogP contribution is 2.35. The van der Waals surface area contributed by atoms with E-state index in [1.807, 2.05) is 6.07 Å². The molecule has 1 aliphatic rings. The normalized spacial score (nSPS) is 20.5. The van der Waals surface area contributed by atoms with Gasteiger partial charge in [-0.15, -0.1) is 0 Å². The molecule has 0 unspecified atom stereocenters. The number of benzene rings is 1. The molecule has 3 rings (SSSR count). The fourth-order valence-electron chi connectivity index (χ4n) is 2.78. The summed E-state index contributed by atoms with van der Waals surface area (Å²) in [6.07, 6.45) is 0.920. The van der Waals surface area contributed by atoms with E-state index in [4.69, 9.17) is 4.52 Å². The minimum atomic E-state index is -0.404. The minimum Gasteiger partial charge on any atom is -0.393 e. The molecule has 0 amide bonds. The van der Waals surface area contributed by atoms with Crippen molar-refractivity contribution in [1.82, 2.24) is 5.16 Å². The van der Waals surface area contributed by atoms with E-state index >= 15 is 0 Å². The monoisotopic (exact) mass is 303 g/mol. The largest absolute Gasteiger partial charge is 0.393 e. The standard InChI is InChI=1S/C15H17N3O4/c1-8-15(9(2)22-17-8)10-3-4-13(14(5-10)18(20)21)16-11-6-12(19)7-11/h3-5,11-12,16,19H,6-7H2,1-2H3. The smallest absolute Gasteiger partial charge is 0.292 e. The zero-order valence-electron chi connectivity index (χ0n) is 12.4. The van der Waals surface area contributed by atoms with Crippen molar-refractivity contribution in [1.29, 1.82) is 0 Å². The van der Waals surface area contributed by atoms with Gasteiger partial charge in [0.2, 0.25) is 0 Å². The minimum absolute atomic E-state index is 0.0129. The van der Waals surface area contributed by atoms with E-state index in [1.165, 1.54) is 6.07 Å². The van der Waals surface area contributed by atoms with Crippen LogP contribution in [0.1, 0.15) is 24.3 Å². The number of aromatic nitrogens is 1. The Morgan fingerprint density at radius 3 is 2.68 bits per heavy atom. The molecule has 0 saturated heterocycles. The summed E-state index contributed by atoms with van der Waals surface area (Å²) in [6, 6.07) is 5.13. The highest BCUT2D eigenvalue weighted by molar-refractivity contribution is 5.75. The average molecular weight is 303 g/mol. The van der Waals surface area contributed by atoms with E-state index < -0.39 is 4.92 Å². The fourth-order valence-corrected chi connectivity index (χ4v) is 2.78. The first-order valence-electron chi connectivity index (χ1n) is 7.12. The Kier molecular flexibility index (Phi) is 3.58. The third kappa shape index (κ3) is 2.55. The number of nitrogens with one attached hydrogen (secondary N) is 1. The first-order valence-corrected chi connectivity index (χ1v) is 7.12. The molecular formula is C15H17N3O4. The third-order valence-electron chi connectivity index (χ3n) is 3.99. The summed E-state index contributed by atoms with van der Waals surface area (Å²) in [4.78, 5) is 10.9. The number of rotatable bonds is 4. The van der Waals surface area contributed by atoms with Gasteiger partial charge in [0.05, 0.1) is 16.7 Å². The predicted octanol–water partition coefficient (Wildman–Crippen LogP) is 2.80. The summed E-state index contributed by atoms with van der Waals surface area (Å²) in [5.41, 5.74) is 2.68. The summed E-state index contributed by atoms with van der Waals surface area (Å²) in [5.74, 6) is 0.634. The summed E-state index contributed by atoms with van der Waals surface area (Å²) in [5, 5.41) is 27.7. The molecule has 2 aromatic rings. The zero-order chi connectivity index (χ0) is 15.9. The van der Waals surface area contributed by atoms with Crippen molar-refractivity contribution in [2.75, 3.05) is 5.32 Å². The van der Waals surface area contributed by atoms with Crippen LogP contribution in [0.2, 0.25) is 0 Å². The Balaban J connectivity index is 1.95. The van der Waals surface area contributed by atoms with Crippen molar-refractivity contribution >= 4 is 11.4 Å². The lowest BCUT2D eigenvalue weighted by molar-refractivity contribution is -0.383. The number of nitro benzene ring substituents is 1. The molecule has 1 saturated carbocycles. The number of aryl methyl sites for hydroxylation is 2. The van der Waals surface area contributed by atoms with Crippen LogP contribution >= 0.6 is 0 Å². The Hall–Kier alpha value is -2.41. The van der Waals surface area contributed by atoms with Crippen LogP contribution in [0.5, 0.6) is 0 Å². The van der Waals surface area contributed by atoms with Gasteiger partial charge in [-0.1, -0.05) is 11.2 Å². The number of hydrogen-bond acceptors (Lipinski definition) is 6. The molecule has 0 bridgehead atoms. The van der Waals surface area contributed by atoms with Crippen LogP contribution in [-0.2, 0) is 0 Å². The lowest BCUT2D eigenvalue weighted by Gasteiger charge is -2.32. The van der Waals surface area contributed by atoms with Gasteiger partial charge in [0.25, 0.3) is 5.69 Å². The van der Waals surface area contributed by atoms with Crippen LogP contribution < -0.4 is 5.32 Å². The predicted molar refractivity (Wildman–Crippen MR) is 80.7 cm³/mol. The number of nitrogens with zero attached hydrogens (tertiary/aromatic N) is 2. The highest BCUT2D eigenvalue weighted by Gasteiger charge is 2.29. The molecule has 22 heavy (non-hydrogen) atoms. The second-order valence-electron chi connectivity index (χ2n) is 5.65. The van der Waals surface area contributed by atoms with E-state index in [0.717, 1.165) is 5.56 Å². The maximum absolute atomic E-state index is 11.3. The van der Waals surface area contributed by atoms with Gasteiger partial charge in [0.15, 0.2) is 0 Å². The van der Waals surface area contributed by atoms with E-state index in [9.17, 15) is 15.2 Å². The molecular weight excluding hydrogens is 286 g/mol. The van der Waals surface area contributed by atoms with Gasteiger partial charge in [0, 0.05) is 17.7 Å². The average Bonchev–Trinajstić information content (AvgIpc) is 2.77. The van der Waals surface area contributed by atoms with Crippen LogP contribution in [-0.4, -0.2) is 27.3 Å². The first kappa shape index (κ1) is 14.5. The maximum atomic E-state index is 11.3. The fraction of sp³-hybridized carbons (Fsp3) is 0.400. The van der Waals surface area contributed by atoms with E-state index in [0.29, 0.717) is 35.5 Å². The van der Waals surface area contributed by atoms with Crippen LogP contribution in [0.25, 0.3) is 11.1 Å². The van der Waals surface area contributed by atoms with E-state index in [2.05, 4.69) is 10.5 Å². The van der Waals surface area contributed by atoms with Gasteiger partial charge in [-0.25, -0.2) is 0 Å². The topological polar surface area (TPSA) is 101 Å². The van der Waals surface area contributed by atoms with Crippen LogP contribution in [0.3, 0.4) is 0 Å². The summed E-state index contributed by atoms with van der Waals surface area (Å²) >= 11 is 0. The Morgan fingerprint density at radius 2 is 2.14 bits per heavy atom. The van der Waals surface area contributed by atoms with Gasteiger partial charge >= 0.3 is 0 Å². The lowest BCUT2D eigenvalue weighted by atomic mass is 9.89. The Labute approximate surface area is 127 Å². The molecule has 1 heterocycles. The molecule has 0 aliphatic heterocycles. The molecule has 1 aliphatic carbocycles. The lowest BCUT2D eigenvalue weighted by Crippen LogP contribution is -2.39. The third-order valence-corrected chi connectivity index (χ3v) is 3.99. The first-order chi connectivity index (χ1) is 10.5. The van der Waals surface area contributed by atoms with Crippen molar-refractivity contribution < 1.29 is 14.6 Å². The maximum Gasteiger partial charge on any atom is 0.292 e. The number of aliphatic hydroxyl groups is 1. The Bertz CT molecular complexity index is 700. The van der Waals surface area contributed by atoms with Crippen LogP contribution in [0, 0.1) is 24.0 Å². The quantitative estimate of drug-likeness (QED) is 0.665. The second-order valence-corrected chi connectivity index (χ2v) is 5.65. The van der Waals surface area contributed by atoms with Crippen LogP contribution in [0.4, 0.5) is 11.4 Å². The molecule has 0 atom stereocenters. The molecule has 116 valence electrons. The summed E-state index contributed by atoms with van der Waals surface area (Å²) in [6.45, 7) is 3.59. The van der Waals surface area contributed by atoms with Crippen molar-refractivity contribution in [3.05, 3.63) is 39.8 Å². The molecule has 0 spiro atoms. The van der Waals surface area contributed by atoms with Gasteiger partial charge in [0.1, 0.15) is 11.4 Å². The van der Waals surface area contributed by atoms with Crippen molar-refractivity contribution in [3.63, 3.8) is 0 Å². The molecule has 0 radical (unpaired) electrons. The highest BCUT2D eigenvalue weighted by atomic mass is 16.6. The molecule has 1 fully saturated rings. The number of anilines is 1. The molecule has 1 aromatic heterocycles. The Morgan fingerprint density at radius 1 is 1.41 bits per heavy atom. The van der Waals surface area contributed by atoms with Gasteiger partial charge in [-0.3, -0.25) is 10.1 Å². The number of hydrogen-bond donors (Lipinski definition) is 2. The molecule has 7 heteroatoms. The number of nitro groups is 1. The van der Waals surface area contributed by atoms with Crippen molar-refractivity contribution in [2.24, 2.45) is 0 Å². The summed E-state index contributed by atoms with van der Waals surface area (Å²) in [7, 11) is 0. The van der Waals surface area contributed by atoms with Gasteiger partial charge in [-0.05, 0) is 38.3 Å². The van der Waals surface area contributed by atoms with E-state index in [-0.39, 0.29) is 17.8 Å². The molecule has 1 aromatic carbocycles. The van der Waals surface area contributed by atoms with E-state index in [1.54, 1.807) is 19.9 Å². The second kappa shape index (κ2) is 5.42. The number of aliphatic hydroxyl groups excluding tert-OH is 1.